The van der Waals surface area contributed by atoms with E-state index >= 15 is 0 Å². The summed E-state index contributed by atoms with van der Waals surface area (Å²) in [6, 6.07) is 8.06. The lowest BCUT2D eigenvalue weighted by Gasteiger charge is -2.35. The maximum Gasteiger partial charge on any atom is 0.296 e. The van der Waals surface area contributed by atoms with Crippen LogP contribution in [0.2, 0.25) is 0 Å². The zero-order valence-corrected chi connectivity index (χ0v) is 21.1. The fraction of sp³-hybridized carbons (Fsp3) is 0.520. The van der Waals surface area contributed by atoms with E-state index < -0.39 is 18.3 Å². The van der Waals surface area contributed by atoms with Crippen LogP contribution in [0.4, 0.5) is 20.5 Å². The summed E-state index contributed by atoms with van der Waals surface area (Å²) >= 11 is 0. The number of amides is 1. The molecule has 2 aliphatic rings. The van der Waals surface area contributed by atoms with Crippen LogP contribution < -0.4 is 10.2 Å². The van der Waals surface area contributed by atoms with E-state index in [1.807, 2.05) is 9.80 Å². The fourth-order valence-corrected chi connectivity index (χ4v) is 4.80. The molecule has 0 spiro atoms. The van der Waals surface area contributed by atoms with Gasteiger partial charge in [0.15, 0.2) is 5.82 Å². The summed E-state index contributed by atoms with van der Waals surface area (Å²) in [5.74, 6) is 0.602. The highest BCUT2D eigenvalue weighted by molar-refractivity contribution is 5.84. The van der Waals surface area contributed by atoms with Gasteiger partial charge in [0.05, 0.1) is 24.2 Å². The van der Waals surface area contributed by atoms with Crippen molar-refractivity contribution in [3.8, 4) is 5.82 Å². The van der Waals surface area contributed by atoms with Gasteiger partial charge in [-0.1, -0.05) is 19.1 Å². The molecule has 1 N–H and O–H groups in total. The number of nitrogens with one attached hydrogen (secondary N) is 1. The van der Waals surface area contributed by atoms with Crippen LogP contribution in [0.1, 0.15) is 26.1 Å². The van der Waals surface area contributed by atoms with E-state index in [9.17, 15) is 13.6 Å². The summed E-state index contributed by atoms with van der Waals surface area (Å²) in [5.41, 5.74) is 0.974. The van der Waals surface area contributed by atoms with Crippen LogP contribution in [0, 0.1) is 0 Å². The Bertz CT molecular complexity index is 1240. The summed E-state index contributed by atoms with van der Waals surface area (Å²) < 4.78 is 35.0. The van der Waals surface area contributed by atoms with Gasteiger partial charge in [0.1, 0.15) is 17.7 Å². The van der Waals surface area contributed by atoms with E-state index in [0.29, 0.717) is 56.2 Å². The first-order valence-electron chi connectivity index (χ1n) is 12.7. The molecule has 37 heavy (non-hydrogen) atoms. The SMILES string of the molecule is CCN1CCN(C(=O)[C@H](C)Nc2nc(N3CCOCC3)cc(-n3c(C(F)F)nc4ccccc43)n2)CC1. The number of hydrogen-bond acceptors (Lipinski definition) is 8. The molecule has 0 bridgehead atoms. The van der Waals surface area contributed by atoms with E-state index in [4.69, 9.17) is 4.74 Å². The first-order valence-corrected chi connectivity index (χ1v) is 12.7. The molecule has 12 heteroatoms. The van der Waals surface area contributed by atoms with Gasteiger partial charge >= 0.3 is 0 Å². The molecule has 2 fully saturated rings. The van der Waals surface area contributed by atoms with Crippen LogP contribution >= 0.6 is 0 Å². The van der Waals surface area contributed by atoms with Crippen LogP contribution in [-0.2, 0) is 9.53 Å². The summed E-state index contributed by atoms with van der Waals surface area (Å²) in [6.45, 7) is 10.2. The molecule has 5 rings (SSSR count). The van der Waals surface area contributed by atoms with Gasteiger partial charge in [0, 0.05) is 45.3 Å². The van der Waals surface area contributed by atoms with Crippen molar-refractivity contribution in [3.05, 3.63) is 36.2 Å². The Morgan fingerprint density at radius 3 is 2.43 bits per heavy atom. The maximum atomic E-state index is 14.1. The number of rotatable bonds is 7. The van der Waals surface area contributed by atoms with Crippen LogP contribution in [-0.4, -0.2) is 100 Å². The number of carbonyl (C=O) groups is 1. The number of hydrogen-bond donors (Lipinski definition) is 1. The number of benzene rings is 1. The van der Waals surface area contributed by atoms with Gasteiger partial charge in [-0.05, 0) is 25.6 Å². The molecule has 198 valence electrons. The van der Waals surface area contributed by atoms with Gasteiger partial charge in [0.25, 0.3) is 6.43 Å². The van der Waals surface area contributed by atoms with E-state index in [1.54, 1.807) is 37.3 Å². The molecule has 0 aliphatic carbocycles. The largest absolute Gasteiger partial charge is 0.378 e. The highest BCUT2D eigenvalue weighted by atomic mass is 19.3. The number of morpholine rings is 1. The van der Waals surface area contributed by atoms with Crippen LogP contribution in [0.5, 0.6) is 0 Å². The second-order valence-corrected chi connectivity index (χ2v) is 9.23. The Morgan fingerprint density at radius 2 is 1.73 bits per heavy atom. The predicted molar refractivity (Wildman–Crippen MR) is 136 cm³/mol. The van der Waals surface area contributed by atoms with E-state index in [0.717, 1.165) is 19.6 Å². The van der Waals surface area contributed by atoms with Gasteiger partial charge in [-0.2, -0.15) is 9.97 Å². The normalized spacial score (nSPS) is 18.0. The minimum absolute atomic E-state index is 0.0426. The first-order chi connectivity index (χ1) is 17.9. The average molecular weight is 515 g/mol. The van der Waals surface area contributed by atoms with E-state index in [1.165, 1.54) is 4.57 Å². The molecule has 3 aromatic rings. The first kappa shape index (κ1) is 25.3. The minimum Gasteiger partial charge on any atom is -0.378 e. The fourth-order valence-electron chi connectivity index (χ4n) is 4.80. The summed E-state index contributed by atoms with van der Waals surface area (Å²) in [4.78, 5) is 32.7. The number of aromatic nitrogens is 4. The van der Waals surface area contributed by atoms with Crippen molar-refractivity contribution in [1.29, 1.82) is 0 Å². The van der Waals surface area contributed by atoms with Gasteiger partial charge in [0.2, 0.25) is 11.9 Å². The second kappa shape index (κ2) is 10.9. The Hall–Kier alpha value is -3.38. The molecular formula is C25H32F2N8O2. The highest BCUT2D eigenvalue weighted by Crippen LogP contribution is 2.29. The van der Waals surface area contributed by atoms with Crippen molar-refractivity contribution in [1.82, 2.24) is 29.3 Å². The van der Waals surface area contributed by atoms with Crippen molar-refractivity contribution in [2.24, 2.45) is 0 Å². The van der Waals surface area contributed by atoms with Gasteiger partial charge in [-0.3, -0.25) is 9.36 Å². The third-order valence-electron chi connectivity index (χ3n) is 6.89. The summed E-state index contributed by atoms with van der Waals surface area (Å²) in [6.07, 6.45) is -2.80. The number of carbonyl (C=O) groups excluding carboxylic acids is 1. The number of imidazole rings is 1. The molecule has 0 radical (unpaired) electrons. The lowest BCUT2D eigenvalue weighted by molar-refractivity contribution is -0.133. The van der Waals surface area contributed by atoms with Gasteiger partial charge in [-0.15, -0.1) is 0 Å². The Labute approximate surface area is 214 Å². The Kier molecular flexibility index (Phi) is 7.47. The van der Waals surface area contributed by atoms with Crippen LogP contribution in [0.3, 0.4) is 0 Å². The number of anilines is 2. The minimum atomic E-state index is -2.80. The molecule has 2 aliphatic heterocycles. The second-order valence-electron chi connectivity index (χ2n) is 9.23. The predicted octanol–water partition coefficient (Wildman–Crippen LogP) is 2.55. The standard InChI is InChI=1S/C25H32F2N8O2/c1-3-32-8-10-34(11-9-32)24(36)17(2)28-25-30-20(33-12-14-37-15-13-33)16-21(31-25)35-19-7-5-4-6-18(19)29-23(35)22(26)27/h4-7,16-17,22H,3,8-15H2,1-2H3,(H,28,30,31)/t17-/m0/s1. The smallest absolute Gasteiger partial charge is 0.296 e. The third kappa shape index (κ3) is 5.35. The average Bonchev–Trinajstić information content (AvgIpc) is 3.33. The molecule has 1 atom stereocenters. The van der Waals surface area contributed by atoms with Gasteiger partial charge in [-0.25, -0.2) is 13.8 Å². The molecule has 0 unspecified atom stereocenters. The molecular weight excluding hydrogens is 482 g/mol. The number of ether oxygens (including phenoxy) is 1. The number of piperazine rings is 1. The molecule has 4 heterocycles. The monoisotopic (exact) mass is 514 g/mol. The third-order valence-corrected chi connectivity index (χ3v) is 6.89. The molecule has 1 aromatic carbocycles. The zero-order chi connectivity index (χ0) is 25.9. The lowest BCUT2D eigenvalue weighted by Crippen LogP contribution is -2.52. The number of halogens is 2. The van der Waals surface area contributed by atoms with Crippen LogP contribution in [0.15, 0.2) is 30.3 Å². The van der Waals surface area contributed by atoms with Crippen molar-refractivity contribution < 1.29 is 18.3 Å². The van der Waals surface area contributed by atoms with E-state index in [2.05, 4.69) is 32.1 Å². The van der Waals surface area contributed by atoms with Crippen molar-refractivity contribution in [2.75, 3.05) is 69.2 Å². The zero-order valence-electron chi connectivity index (χ0n) is 21.1. The molecule has 1 amide bonds. The molecule has 0 saturated carbocycles. The van der Waals surface area contributed by atoms with E-state index in [-0.39, 0.29) is 17.7 Å². The molecule has 2 aromatic heterocycles. The van der Waals surface area contributed by atoms with Crippen molar-refractivity contribution >= 4 is 28.7 Å². The topological polar surface area (TPSA) is 91.7 Å². The molecule has 10 nitrogen and oxygen atoms in total. The number of fused-ring (bicyclic) bond motifs is 1. The number of para-hydroxylation sites is 2. The maximum absolute atomic E-state index is 14.1. The number of nitrogens with zero attached hydrogens (tertiary/aromatic N) is 7. The van der Waals surface area contributed by atoms with Crippen LogP contribution in [0.25, 0.3) is 16.9 Å². The lowest BCUT2D eigenvalue weighted by atomic mass is 10.2. The highest BCUT2D eigenvalue weighted by Gasteiger charge is 2.27. The van der Waals surface area contributed by atoms with Crippen molar-refractivity contribution in [2.45, 2.75) is 26.3 Å². The molecule has 2 saturated heterocycles. The quantitative estimate of drug-likeness (QED) is 0.515. The number of likely N-dealkylation sites (N-methyl/N-ethyl adjacent to an activating group) is 1. The Balaban J connectivity index is 1.49. The summed E-state index contributed by atoms with van der Waals surface area (Å²) in [7, 11) is 0. The number of alkyl halides is 2. The summed E-state index contributed by atoms with van der Waals surface area (Å²) in [5, 5.41) is 3.14. The van der Waals surface area contributed by atoms with Gasteiger partial charge < -0.3 is 24.8 Å². The van der Waals surface area contributed by atoms with Crippen molar-refractivity contribution in [3.63, 3.8) is 0 Å². The Morgan fingerprint density at radius 1 is 1.03 bits per heavy atom.